The zero-order valence-electron chi connectivity index (χ0n) is 16.0. The molecule has 0 saturated carbocycles. The largest absolute Gasteiger partial charge is 0.463 e. The monoisotopic (exact) mass is 377 g/mol. The highest BCUT2D eigenvalue weighted by Crippen LogP contribution is 2.15. The molecular weight excluding hydrogens is 354 g/mol. The molecular formula is C21H23N5O2. The van der Waals surface area contributed by atoms with Crippen molar-refractivity contribution in [3.05, 3.63) is 74.4 Å². The number of dihydropyridines is 1. The summed E-state index contributed by atoms with van der Waals surface area (Å²) < 4.78 is 5.83. The first-order valence-corrected chi connectivity index (χ1v) is 9.32. The van der Waals surface area contributed by atoms with Crippen LogP contribution < -0.4 is 20.6 Å². The Labute approximate surface area is 162 Å². The molecule has 0 saturated heterocycles. The van der Waals surface area contributed by atoms with Crippen LogP contribution in [0, 0.1) is 15.5 Å². The number of nitroso groups, excluding NO2 is 1. The Morgan fingerprint density at radius 2 is 2.04 bits per heavy atom. The highest BCUT2D eigenvalue weighted by Gasteiger charge is 2.12. The number of imidazole rings is 1. The van der Waals surface area contributed by atoms with E-state index >= 15 is 0 Å². The van der Waals surface area contributed by atoms with E-state index in [-0.39, 0.29) is 0 Å². The molecule has 0 bridgehead atoms. The molecule has 0 atom stereocenters. The lowest BCUT2D eigenvalue weighted by atomic mass is 10.1. The predicted octanol–water partition coefficient (Wildman–Crippen LogP) is 1.24. The molecule has 2 N–H and O–H groups in total. The molecule has 1 aliphatic heterocycles. The number of fused-ring (bicyclic) bond motifs is 1. The second kappa shape index (κ2) is 7.82. The van der Waals surface area contributed by atoms with Gasteiger partial charge in [0.25, 0.3) is 6.01 Å². The number of nitrogens with zero attached hydrogens (tertiary/aromatic N) is 3. The SMILES string of the molecule is CN(C)CCOc1n/c(=c2/ccc3c(c2)CCC=3N=O)c(=C2C=CNC=C2)[nH]1. The molecule has 7 nitrogen and oxygen atoms in total. The Bertz CT molecular complexity index is 1160. The minimum Gasteiger partial charge on any atom is -0.463 e. The van der Waals surface area contributed by atoms with Gasteiger partial charge in [-0.2, -0.15) is 4.98 Å². The molecule has 2 aromatic rings. The summed E-state index contributed by atoms with van der Waals surface area (Å²) in [6.07, 6.45) is 9.28. The van der Waals surface area contributed by atoms with Crippen molar-refractivity contribution in [2.75, 3.05) is 27.2 Å². The maximum atomic E-state index is 11.0. The summed E-state index contributed by atoms with van der Waals surface area (Å²) in [5, 5.41) is 9.90. The van der Waals surface area contributed by atoms with E-state index < -0.39 is 0 Å². The summed E-state index contributed by atoms with van der Waals surface area (Å²) in [7, 11) is 4.01. The van der Waals surface area contributed by atoms with Crippen molar-refractivity contribution in [1.29, 1.82) is 0 Å². The van der Waals surface area contributed by atoms with Crippen molar-refractivity contribution in [2.45, 2.75) is 12.8 Å². The first-order chi connectivity index (χ1) is 13.7. The average Bonchev–Trinajstić information content (AvgIpc) is 3.32. The van der Waals surface area contributed by atoms with E-state index in [1.165, 1.54) is 0 Å². The fourth-order valence-corrected chi connectivity index (χ4v) is 3.43. The van der Waals surface area contributed by atoms with E-state index in [1.54, 1.807) is 0 Å². The minimum atomic E-state index is 0.502. The Hall–Kier alpha value is -3.19. The zero-order chi connectivity index (χ0) is 19.5. The van der Waals surface area contributed by atoms with E-state index in [2.05, 4.69) is 26.4 Å². The normalized spacial score (nSPS) is 16.4. The van der Waals surface area contributed by atoms with Gasteiger partial charge in [-0.25, -0.2) is 0 Å². The van der Waals surface area contributed by atoms with Gasteiger partial charge in [0.2, 0.25) is 0 Å². The van der Waals surface area contributed by atoms with Gasteiger partial charge < -0.3 is 19.9 Å². The van der Waals surface area contributed by atoms with Crippen LogP contribution in [0.2, 0.25) is 0 Å². The van der Waals surface area contributed by atoms with E-state index in [9.17, 15) is 4.91 Å². The lowest BCUT2D eigenvalue weighted by Gasteiger charge is -2.08. The molecule has 0 radical (unpaired) electrons. The highest BCUT2D eigenvalue weighted by molar-refractivity contribution is 5.66. The van der Waals surface area contributed by atoms with E-state index in [0.29, 0.717) is 24.7 Å². The number of aryl methyl sites for hydroxylation is 1. The second-order valence-electron chi connectivity index (χ2n) is 7.12. The lowest BCUT2D eigenvalue weighted by molar-refractivity contribution is 0.247. The van der Waals surface area contributed by atoms with Gasteiger partial charge in [-0.1, -0.05) is 12.1 Å². The average molecular weight is 377 g/mol. The standard InChI is InChI=1S/C21H23N5O2/c1-26(2)11-12-28-21-23-19(14-7-9-22-10-8-14)20(24-21)16-3-5-17-15(13-16)4-6-18(17)25-27/h3,5,7-10,13,22H,4,6,11-12H2,1-2H3,(H,23,24)/b20-16-. The molecule has 4 rings (SSSR count). The predicted molar refractivity (Wildman–Crippen MR) is 108 cm³/mol. The molecule has 7 heteroatoms. The molecule has 2 aliphatic rings. The molecule has 0 spiro atoms. The quantitative estimate of drug-likeness (QED) is 0.766. The van der Waals surface area contributed by atoms with Crippen LogP contribution in [0.4, 0.5) is 0 Å². The number of allylic oxidation sites excluding steroid dienone is 2. The van der Waals surface area contributed by atoms with Gasteiger partial charge in [0, 0.05) is 35.0 Å². The highest BCUT2D eigenvalue weighted by atomic mass is 16.5. The first kappa shape index (κ1) is 18.2. The number of nitrogens with one attached hydrogen (secondary N) is 2. The summed E-state index contributed by atoms with van der Waals surface area (Å²) in [5.41, 5.74) is 2.79. The van der Waals surface area contributed by atoms with Gasteiger partial charge >= 0.3 is 0 Å². The molecule has 28 heavy (non-hydrogen) atoms. The van der Waals surface area contributed by atoms with Gasteiger partial charge in [-0.05, 0) is 55.9 Å². The van der Waals surface area contributed by atoms with Gasteiger partial charge in [-0.3, -0.25) is 0 Å². The first-order valence-electron chi connectivity index (χ1n) is 9.32. The fourth-order valence-electron chi connectivity index (χ4n) is 3.43. The van der Waals surface area contributed by atoms with E-state index in [4.69, 9.17) is 9.72 Å². The molecule has 1 aromatic carbocycles. The topological polar surface area (TPSA) is 82.6 Å². The maximum absolute atomic E-state index is 11.0. The second-order valence-corrected chi connectivity index (χ2v) is 7.12. The maximum Gasteiger partial charge on any atom is 0.294 e. The summed E-state index contributed by atoms with van der Waals surface area (Å²) in [5.74, 6) is 0. The van der Waals surface area contributed by atoms with Crippen molar-refractivity contribution in [2.24, 2.45) is 5.18 Å². The van der Waals surface area contributed by atoms with Crippen molar-refractivity contribution in [3.63, 3.8) is 0 Å². The van der Waals surface area contributed by atoms with Gasteiger partial charge in [-0.15, -0.1) is 4.91 Å². The van der Waals surface area contributed by atoms with Crippen LogP contribution in [-0.2, 0) is 6.42 Å². The third kappa shape index (κ3) is 3.61. The Morgan fingerprint density at radius 3 is 2.79 bits per heavy atom. The Morgan fingerprint density at radius 1 is 1.21 bits per heavy atom. The number of ether oxygens (including phenoxy) is 1. The number of benzene rings is 1. The van der Waals surface area contributed by atoms with Gasteiger partial charge in [0.15, 0.2) is 0 Å². The van der Waals surface area contributed by atoms with Crippen molar-refractivity contribution < 1.29 is 4.74 Å². The summed E-state index contributed by atoms with van der Waals surface area (Å²) in [4.78, 5) is 21.1. The van der Waals surface area contributed by atoms with Crippen LogP contribution in [0.5, 0.6) is 6.01 Å². The van der Waals surface area contributed by atoms with Gasteiger partial charge in [0.1, 0.15) is 12.0 Å². The number of likely N-dealkylation sites (N-methyl/N-ethyl adjacent to an activating group) is 1. The molecule has 2 heterocycles. The van der Waals surface area contributed by atoms with Crippen LogP contribution in [0.1, 0.15) is 12.0 Å². The number of hydrogen-bond donors (Lipinski definition) is 2. The molecule has 1 aromatic heterocycles. The van der Waals surface area contributed by atoms with Crippen LogP contribution in [0.3, 0.4) is 0 Å². The fraction of sp³-hybridized carbons (Fsp3) is 0.286. The third-order valence-electron chi connectivity index (χ3n) is 4.90. The molecule has 0 fully saturated rings. The molecule has 1 aliphatic carbocycles. The summed E-state index contributed by atoms with van der Waals surface area (Å²) in [6.45, 7) is 1.36. The zero-order valence-corrected chi connectivity index (χ0v) is 16.0. The van der Waals surface area contributed by atoms with Crippen molar-refractivity contribution in [1.82, 2.24) is 20.2 Å². The van der Waals surface area contributed by atoms with Crippen LogP contribution in [0.25, 0.3) is 11.3 Å². The molecule has 0 unspecified atom stereocenters. The van der Waals surface area contributed by atoms with E-state index in [0.717, 1.165) is 45.2 Å². The van der Waals surface area contributed by atoms with E-state index in [1.807, 2.05) is 50.8 Å². The Kier molecular flexibility index (Phi) is 5.08. The number of H-pyrrole nitrogens is 1. The number of rotatable bonds is 5. The van der Waals surface area contributed by atoms with Gasteiger partial charge in [0.05, 0.1) is 11.0 Å². The number of hydrogen-bond acceptors (Lipinski definition) is 6. The van der Waals surface area contributed by atoms with Crippen molar-refractivity contribution >= 4 is 11.3 Å². The molecule has 144 valence electrons. The minimum absolute atomic E-state index is 0.502. The van der Waals surface area contributed by atoms with Crippen LogP contribution in [0.15, 0.2) is 47.9 Å². The van der Waals surface area contributed by atoms with Crippen LogP contribution >= 0.6 is 0 Å². The lowest BCUT2D eigenvalue weighted by Crippen LogP contribution is -2.20. The Balaban J connectivity index is 1.90. The van der Waals surface area contributed by atoms with Crippen LogP contribution in [-0.4, -0.2) is 42.1 Å². The number of aromatic nitrogens is 2. The van der Waals surface area contributed by atoms with Crippen molar-refractivity contribution in [3.8, 4) is 6.01 Å². The summed E-state index contributed by atoms with van der Waals surface area (Å²) >= 11 is 0. The molecule has 0 amide bonds. The number of aromatic amines is 1. The smallest absolute Gasteiger partial charge is 0.294 e. The summed E-state index contributed by atoms with van der Waals surface area (Å²) in [6, 6.07) is 6.57. The third-order valence-corrected chi connectivity index (χ3v) is 4.90.